The Labute approximate surface area is 125 Å². The van der Waals surface area contributed by atoms with Crippen LogP contribution in [0, 0.1) is 5.92 Å². The number of nitrogens with one attached hydrogen (secondary N) is 1. The highest BCUT2D eigenvalue weighted by atomic mass is 16.4. The SMILES string of the molecule is CCC(C)C(NC(=O)c1ccc2c(c1)CCCC2)C(=O)O. The number of hydrogen-bond acceptors (Lipinski definition) is 2. The number of aliphatic carboxylic acids is 1. The summed E-state index contributed by atoms with van der Waals surface area (Å²) < 4.78 is 0. The molecule has 4 heteroatoms. The Balaban J connectivity index is 2.14. The van der Waals surface area contributed by atoms with Crippen LogP contribution in [-0.2, 0) is 17.6 Å². The van der Waals surface area contributed by atoms with Gasteiger partial charge < -0.3 is 10.4 Å². The van der Waals surface area contributed by atoms with Crippen LogP contribution >= 0.6 is 0 Å². The maximum Gasteiger partial charge on any atom is 0.326 e. The molecule has 0 saturated heterocycles. The average molecular weight is 289 g/mol. The van der Waals surface area contributed by atoms with Crippen molar-refractivity contribution in [2.45, 2.75) is 52.0 Å². The van der Waals surface area contributed by atoms with Crippen LogP contribution in [0.4, 0.5) is 0 Å². The molecule has 114 valence electrons. The van der Waals surface area contributed by atoms with Crippen LogP contribution in [0.25, 0.3) is 0 Å². The summed E-state index contributed by atoms with van der Waals surface area (Å²) in [5, 5.41) is 11.9. The molecule has 0 spiro atoms. The van der Waals surface area contributed by atoms with Gasteiger partial charge in [0.2, 0.25) is 0 Å². The maximum atomic E-state index is 12.3. The summed E-state index contributed by atoms with van der Waals surface area (Å²) in [7, 11) is 0. The van der Waals surface area contributed by atoms with Crippen LogP contribution in [0.1, 0.15) is 54.6 Å². The van der Waals surface area contributed by atoms with E-state index in [4.69, 9.17) is 0 Å². The van der Waals surface area contributed by atoms with Crippen LogP contribution in [0.3, 0.4) is 0 Å². The van der Waals surface area contributed by atoms with E-state index in [1.807, 2.05) is 26.0 Å². The van der Waals surface area contributed by atoms with Gasteiger partial charge in [0.05, 0.1) is 0 Å². The molecule has 2 atom stereocenters. The second-order valence-corrected chi connectivity index (χ2v) is 5.87. The molecule has 0 heterocycles. The zero-order valence-electron chi connectivity index (χ0n) is 12.7. The second kappa shape index (κ2) is 6.74. The van der Waals surface area contributed by atoms with E-state index in [2.05, 4.69) is 5.32 Å². The minimum Gasteiger partial charge on any atom is -0.480 e. The van der Waals surface area contributed by atoms with Crippen molar-refractivity contribution in [2.75, 3.05) is 0 Å². The molecule has 0 aromatic heterocycles. The largest absolute Gasteiger partial charge is 0.480 e. The topological polar surface area (TPSA) is 66.4 Å². The number of hydrogen-bond donors (Lipinski definition) is 2. The summed E-state index contributed by atoms with van der Waals surface area (Å²) in [6, 6.07) is 4.88. The van der Waals surface area contributed by atoms with Crippen molar-refractivity contribution in [1.29, 1.82) is 0 Å². The van der Waals surface area contributed by atoms with E-state index in [0.29, 0.717) is 12.0 Å². The number of benzene rings is 1. The Morgan fingerprint density at radius 3 is 2.52 bits per heavy atom. The molecule has 21 heavy (non-hydrogen) atoms. The fourth-order valence-electron chi connectivity index (χ4n) is 2.78. The van der Waals surface area contributed by atoms with Gasteiger partial charge in [-0.05, 0) is 54.9 Å². The first-order valence-electron chi connectivity index (χ1n) is 7.68. The summed E-state index contributed by atoms with van der Waals surface area (Å²) >= 11 is 0. The van der Waals surface area contributed by atoms with Gasteiger partial charge in [-0.1, -0.05) is 26.3 Å². The molecule has 1 aliphatic rings. The van der Waals surface area contributed by atoms with Crippen molar-refractivity contribution in [1.82, 2.24) is 5.32 Å². The molecule has 2 N–H and O–H groups in total. The predicted molar refractivity (Wildman–Crippen MR) is 81.4 cm³/mol. The molecule has 1 aromatic rings. The molecule has 4 nitrogen and oxygen atoms in total. The molecular formula is C17H23NO3. The van der Waals surface area contributed by atoms with Crippen molar-refractivity contribution < 1.29 is 14.7 Å². The Kier molecular flexibility index (Phi) is 4.99. The molecule has 0 aliphatic heterocycles. The molecule has 0 fully saturated rings. The Morgan fingerprint density at radius 1 is 1.24 bits per heavy atom. The Bertz CT molecular complexity index is 539. The molecule has 0 radical (unpaired) electrons. The number of carboxylic acid groups (broad SMARTS) is 1. The highest BCUT2D eigenvalue weighted by Gasteiger charge is 2.26. The summed E-state index contributed by atoms with van der Waals surface area (Å²) in [5.74, 6) is -1.36. The molecule has 2 rings (SSSR count). The van der Waals surface area contributed by atoms with E-state index >= 15 is 0 Å². The Morgan fingerprint density at radius 2 is 1.90 bits per heavy atom. The number of rotatable bonds is 5. The van der Waals surface area contributed by atoms with Gasteiger partial charge in [-0.2, -0.15) is 0 Å². The van der Waals surface area contributed by atoms with Crippen LogP contribution < -0.4 is 5.32 Å². The van der Waals surface area contributed by atoms with E-state index in [0.717, 1.165) is 19.3 Å². The minimum atomic E-state index is -0.976. The number of amides is 1. The van der Waals surface area contributed by atoms with Crippen LogP contribution in [0.5, 0.6) is 0 Å². The Hall–Kier alpha value is -1.84. The number of carboxylic acids is 1. The summed E-state index contributed by atoms with van der Waals surface area (Å²) in [6.45, 7) is 3.76. The molecule has 1 aliphatic carbocycles. The van der Waals surface area contributed by atoms with Crippen LogP contribution in [-0.4, -0.2) is 23.0 Å². The van der Waals surface area contributed by atoms with Crippen molar-refractivity contribution in [3.8, 4) is 0 Å². The highest BCUT2D eigenvalue weighted by molar-refractivity contribution is 5.96. The van der Waals surface area contributed by atoms with Gasteiger partial charge in [0.1, 0.15) is 6.04 Å². The monoisotopic (exact) mass is 289 g/mol. The van der Waals surface area contributed by atoms with Crippen molar-refractivity contribution in [2.24, 2.45) is 5.92 Å². The first-order chi connectivity index (χ1) is 10.0. The summed E-state index contributed by atoms with van der Waals surface area (Å²) in [6.07, 6.45) is 5.14. The number of aryl methyl sites for hydroxylation is 2. The predicted octanol–water partition coefficient (Wildman–Crippen LogP) is 2.79. The normalized spacial score (nSPS) is 16.7. The third-order valence-electron chi connectivity index (χ3n) is 4.38. The van der Waals surface area contributed by atoms with Gasteiger partial charge in [0, 0.05) is 5.56 Å². The third-order valence-corrected chi connectivity index (χ3v) is 4.38. The zero-order chi connectivity index (χ0) is 15.4. The van der Waals surface area contributed by atoms with Crippen molar-refractivity contribution in [3.63, 3.8) is 0 Å². The van der Waals surface area contributed by atoms with Gasteiger partial charge >= 0.3 is 5.97 Å². The van der Waals surface area contributed by atoms with E-state index in [-0.39, 0.29) is 11.8 Å². The third kappa shape index (κ3) is 3.63. The maximum absolute atomic E-state index is 12.3. The lowest BCUT2D eigenvalue weighted by atomic mass is 9.90. The molecule has 0 bridgehead atoms. The lowest BCUT2D eigenvalue weighted by Gasteiger charge is -2.21. The van der Waals surface area contributed by atoms with Gasteiger partial charge in [0.25, 0.3) is 5.91 Å². The lowest BCUT2D eigenvalue weighted by molar-refractivity contribution is -0.140. The second-order valence-electron chi connectivity index (χ2n) is 5.87. The quantitative estimate of drug-likeness (QED) is 0.876. The number of carbonyl (C=O) groups excluding carboxylic acids is 1. The molecule has 1 aromatic carbocycles. The summed E-state index contributed by atoms with van der Waals surface area (Å²) in [4.78, 5) is 23.6. The summed E-state index contributed by atoms with van der Waals surface area (Å²) in [5.41, 5.74) is 3.10. The van der Waals surface area contributed by atoms with Crippen LogP contribution in [0.2, 0.25) is 0 Å². The smallest absolute Gasteiger partial charge is 0.326 e. The number of carbonyl (C=O) groups is 2. The fraction of sp³-hybridized carbons (Fsp3) is 0.529. The molecular weight excluding hydrogens is 266 g/mol. The first-order valence-corrected chi connectivity index (χ1v) is 7.68. The van der Waals surface area contributed by atoms with Gasteiger partial charge in [-0.3, -0.25) is 4.79 Å². The van der Waals surface area contributed by atoms with Gasteiger partial charge in [0.15, 0.2) is 0 Å². The molecule has 0 saturated carbocycles. The minimum absolute atomic E-state index is 0.0934. The van der Waals surface area contributed by atoms with E-state index in [1.54, 1.807) is 6.07 Å². The molecule has 2 unspecified atom stereocenters. The van der Waals surface area contributed by atoms with Gasteiger partial charge in [-0.25, -0.2) is 4.79 Å². The molecule has 1 amide bonds. The first kappa shape index (κ1) is 15.5. The lowest BCUT2D eigenvalue weighted by Crippen LogP contribution is -2.45. The van der Waals surface area contributed by atoms with E-state index < -0.39 is 12.0 Å². The van der Waals surface area contributed by atoms with Crippen molar-refractivity contribution in [3.05, 3.63) is 34.9 Å². The van der Waals surface area contributed by atoms with Gasteiger partial charge in [-0.15, -0.1) is 0 Å². The standard InChI is InChI=1S/C17H23NO3/c1-3-11(2)15(17(20)21)18-16(19)14-9-8-12-6-4-5-7-13(12)10-14/h8-11,15H,3-7H2,1-2H3,(H,18,19)(H,20,21). The highest BCUT2D eigenvalue weighted by Crippen LogP contribution is 2.22. The number of fused-ring (bicyclic) bond motifs is 1. The van der Waals surface area contributed by atoms with E-state index in [9.17, 15) is 14.7 Å². The fourth-order valence-corrected chi connectivity index (χ4v) is 2.78. The van der Waals surface area contributed by atoms with Crippen LogP contribution in [0.15, 0.2) is 18.2 Å². The van der Waals surface area contributed by atoms with E-state index in [1.165, 1.54) is 17.5 Å². The average Bonchev–Trinajstić information content (AvgIpc) is 2.50. The zero-order valence-corrected chi connectivity index (χ0v) is 12.7. The van der Waals surface area contributed by atoms with Crippen molar-refractivity contribution >= 4 is 11.9 Å².